The topological polar surface area (TPSA) is 70.6 Å². The summed E-state index contributed by atoms with van der Waals surface area (Å²) in [6.07, 6.45) is -0.0432. The average Bonchev–Trinajstić information content (AvgIpc) is 2.91. The van der Waals surface area contributed by atoms with E-state index < -0.39 is 0 Å². The van der Waals surface area contributed by atoms with Crippen molar-refractivity contribution >= 4 is 18.3 Å². The van der Waals surface area contributed by atoms with E-state index in [1.54, 1.807) is 0 Å². The maximum Gasteiger partial charge on any atom is 0.223 e. The van der Waals surface area contributed by atoms with Gasteiger partial charge in [-0.05, 0) is 23.6 Å². The molecule has 1 heterocycles. The molecule has 1 amide bonds. The Morgan fingerprint density at radius 2 is 2.04 bits per heavy atom. The van der Waals surface area contributed by atoms with Gasteiger partial charge in [-0.1, -0.05) is 26.0 Å². The summed E-state index contributed by atoms with van der Waals surface area (Å²) in [4.78, 5) is 11.7. The van der Waals surface area contributed by atoms with Crippen molar-refractivity contribution in [2.75, 3.05) is 26.2 Å². The van der Waals surface area contributed by atoms with Gasteiger partial charge < -0.3 is 20.5 Å². The van der Waals surface area contributed by atoms with Gasteiger partial charge >= 0.3 is 0 Å². The van der Waals surface area contributed by atoms with Crippen LogP contribution in [-0.4, -0.2) is 43.4 Å². The van der Waals surface area contributed by atoms with Crippen LogP contribution in [0.4, 0.5) is 0 Å². The lowest BCUT2D eigenvalue weighted by molar-refractivity contribution is -0.121. The van der Waals surface area contributed by atoms with Crippen LogP contribution in [0, 0.1) is 5.92 Å². The first-order valence-electron chi connectivity index (χ1n) is 7.94. The number of amides is 1. The molecule has 1 fully saturated rings. The van der Waals surface area contributed by atoms with Gasteiger partial charge in [0.1, 0.15) is 5.75 Å². The third-order valence-electron chi connectivity index (χ3n) is 4.01. The number of rotatable bonds is 7. The molecule has 0 radical (unpaired) electrons. The molecule has 1 saturated heterocycles. The molecule has 2 rings (SSSR count). The van der Waals surface area contributed by atoms with Crippen LogP contribution >= 0.6 is 12.4 Å². The monoisotopic (exact) mass is 342 g/mol. The van der Waals surface area contributed by atoms with Crippen molar-refractivity contribution in [1.82, 2.24) is 10.6 Å². The summed E-state index contributed by atoms with van der Waals surface area (Å²) in [6.45, 7) is 6.53. The first-order chi connectivity index (χ1) is 10.6. The summed E-state index contributed by atoms with van der Waals surface area (Å²) in [5.74, 6) is 1.35. The van der Waals surface area contributed by atoms with Gasteiger partial charge in [-0.3, -0.25) is 4.79 Å². The number of aliphatic hydroxyl groups is 1. The predicted octanol–water partition coefficient (Wildman–Crippen LogP) is 1.70. The first kappa shape index (κ1) is 19.7. The second-order valence-corrected chi connectivity index (χ2v) is 6.11. The van der Waals surface area contributed by atoms with Gasteiger partial charge in [-0.15, -0.1) is 12.4 Å². The zero-order chi connectivity index (χ0) is 15.9. The molecular weight excluding hydrogens is 316 g/mol. The van der Waals surface area contributed by atoms with Crippen LogP contribution in [0.25, 0.3) is 0 Å². The van der Waals surface area contributed by atoms with E-state index in [1.807, 2.05) is 12.1 Å². The van der Waals surface area contributed by atoms with E-state index in [0.29, 0.717) is 32.0 Å². The van der Waals surface area contributed by atoms with Gasteiger partial charge in [0.25, 0.3) is 0 Å². The zero-order valence-electron chi connectivity index (χ0n) is 13.7. The fourth-order valence-electron chi connectivity index (χ4n) is 2.47. The molecule has 5 nitrogen and oxygen atoms in total. The van der Waals surface area contributed by atoms with Crippen molar-refractivity contribution in [3.05, 3.63) is 29.8 Å². The Morgan fingerprint density at radius 3 is 2.61 bits per heavy atom. The van der Waals surface area contributed by atoms with Crippen LogP contribution in [0.5, 0.6) is 5.75 Å². The molecule has 2 atom stereocenters. The van der Waals surface area contributed by atoms with Crippen LogP contribution in [0.15, 0.2) is 24.3 Å². The minimum Gasteiger partial charge on any atom is -0.493 e. The molecule has 1 aliphatic rings. The molecule has 0 spiro atoms. The van der Waals surface area contributed by atoms with Crippen molar-refractivity contribution in [2.24, 2.45) is 5.92 Å². The second kappa shape index (κ2) is 9.75. The Morgan fingerprint density at radius 1 is 1.35 bits per heavy atom. The van der Waals surface area contributed by atoms with Crippen LogP contribution < -0.4 is 15.4 Å². The molecule has 0 aromatic heterocycles. The van der Waals surface area contributed by atoms with Crippen molar-refractivity contribution in [1.29, 1.82) is 0 Å². The van der Waals surface area contributed by atoms with Gasteiger partial charge in [0, 0.05) is 25.6 Å². The molecular formula is C17H27ClN2O3. The third kappa shape index (κ3) is 6.37. The summed E-state index contributed by atoms with van der Waals surface area (Å²) >= 11 is 0. The van der Waals surface area contributed by atoms with Crippen LogP contribution in [0.2, 0.25) is 0 Å². The lowest BCUT2D eigenvalue weighted by atomic mass is 10.0. The van der Waals surface area contributed by atoms with Crippen molar-refractivity contribution < 1.29 is 14.6 Å². The molecule has 1 aromatic rings. The molecule has 0 saturated carbocycles. The number of halogens is 1. The highest BCUT2D eigenvalue weighted by molar-refractivity contribution is 5.85. The van der Waals surface area contributed by atoms with Crippen molar-refractivity contribution in [3.8, 4) is 5.75 Å². The van der Waals surface area contributed by atoms with E-state index in [2.05, 4.69) is 36.6 Å². The highest BCUT2D eigenvalue weighted by Gasteiger charge is 2.24. The number of β-amino-alcohol motifs (C(OH)–C–C–N with tert-alkyl or cyclic N) is 1. The fourth-order valence-corrected chi connectivity index (χ4v) is 2.47. The normalized spacial score (nSPS) is 20.2. The maximum absolute atomic E-state index is 11.7. The highest BCUT2D eigenvalue weighted by atomic mass is 35.5. The maximum atomic E-state index is 11.7. The summed E-state index contributed by atoms with van der Waals surface area (Å²) in [7, 11) is 0. The Hall–Kier alpha value is -1.30. The molecule has 1 aliphatic heterocycles. The number of hydrogen-bond donors (Lipinski definition) is 3. The average molecular weight is 343 g/mol. The molecule has 0 aliphatic carbocycles. The number of hydrogen-bond acceptors (Lipinski definition) is 4. The van der Waals surface area contributed by atoms with Crippen molar-refractivity contribution in [3.63, 3.8) is 0 Å². The lowest BCUT2D eigenvalue weighted by Crippen LogP contribution is -2.34. The lowest BCUT2D eigenvalue weighted by Gasteiger charge is -2.14. The largest absolute Gasteiger partial charge is 0.493 e. The van der Waals surface area contributed by atoms with Gasteiger partial charge in [0.15, 0.2) is 0 Å². The number of carbonyl (C=O) groups is 1. The minimum absolute atomic E-state index is 0. The number of carbonyl (C=O) groups excluding carboxylic acids is 1. The molecule has 23 heavy (non-hydrogen) atoms. The van der Waals surface area contributed by atoms with E-state index in [1.165, 1.54) is 5.56 Å². The van der Waals surface area contributed by atoms with E-state index in [-0.39, 0.29) is 30.3 Å². The summed E-state index contributed by atoms with van der Waals surface area (Å²) in [5.41, 5.74) is 1.27. The number of aliphatic hydroxyl groups excluding tert-OH is 1. The smallest absolute Gasteiger partial charge is 0.223 e. The van der Waals surface area contributed by atoms with E-state index in [0.717, 1.165) is 12.3 Å². The first-order valence-corrected chi connectivity index (χ1v) is 7.94. The van der Waals surface area contributed by atoms with Gasteiger partial charge in [-0.25, -0.2) is 0 Å². The molecule has 3 N–H and O–H groups in total. The van der Waals surface area contributed by atoms with E-state index in [4.69, 9.17) is 4.74 Å². The number of ether oxygens (including phenoxy) is 1. The van der Waals surface area contributed by atoms with E-state index >= 15 is 0 Å². The predicted molar refractivity (Wildman–Crippen MR) is 93.3 cm³/mol. The number of benzene rings is 1. The Balaban J connectivity index is 0.00000264. The molecule has 6 heteroatoms. The molecule has 130 valence electrons. The Kier molecular flexibility index (Phi) is 8.37. The van der Waals surface area contributed by atoms with Crippen molar-refractivity contribution in [2.45, 2.75) is 32.3 Å². The summed E-state index contributed by atoms with van der Waals surface area (Å²) in [6, 6.07) is 7.98. The standard InChI is InChI=1S/C17H26N2O3.ClH/c1-12(2)13-3-5-15(6-4-13)22-8-7-17(21)19-10-14-9-18-11-16(14)20;/h3-6,12,14,16,18,20H,7-11H2,1-2H3,(H,19,21);1H. The number of nitrogens with one attached hydrogen (secondary N) is 2. The van der Waals surface area contributed by atoms with E-state index in [9.17, 15) is 9.90 Å². The SMILES string of the molecule is CC(C)c1ccc(OCCC(=O)NCC2CNCC2O)cc1.Cl. The quantitative estimate of drug-likeness (QED) is 0.705. The Labute approximate surface area is 144 Å². The molecule has 2 unspecified atom stereocenters. The Bertz CT molecular complexity index is 479. The zero-order valence-corrected chi connectivity index (χ0v) is 14.6. The van der Waals surface area contributed by atoms with Crippen LogP contribution in [-0.2, 0) is 4.79 Å². The highest BCUT2D eigenvalue weighted by Crippen LogP contribution is 2.18. The summed E-state index contributed by atoms with van der Waals surface area (Å²) in [5, 5.41) is 15.6. The van der Waals surface area contributed by atoms with Gasteiger partial charge in [-0.2, -0.15) is 0 Å². The van der Waals surface area contributed by atoms with Gasteiger partial charge in [0.05, 0.1) is 19.1 Å². The second-order valence-electron chi connectivity index (χ2n) is 6.11. The molecule has 0 bridgehead atoms. The van der Waals surface area contributed by atoms with Crippen LogP contribution in [0.3, 0.4) is 0 Å². The van der Waals surface area contributed by atoms with Crippen LogP contribution in [0.1, 0.15) is 31.7 Å². The van der Waals surface area contributed by atoms with Gasteiger partial charge in [0.2, 0.25) is 5.91 Å². The third-order valence-corrected chi connectivity index (χ3v) is 4.01. The fraction of sp³-hybridized carbons (Fsp3) is 0.588. The minimum atomic E-state index is -0.365. The summed E-state index contributed by atoms with van der Waals surface area (Å²) < 4.78 is 5.58. The molecule has 1 aromatic carbocycles.